The number of hydrogen-bond acceptors (Lipinski definition) is 3. The summed E-state index contributed by atoms with van der Waals surface area (Å²) in [6, 6.07) is 7.29. The van der Waals surface area contributed by atoms with Crippen molar-refractivity contribution >= 4 is 11.6 Å². The largest absolute Gasteiger partial charge is 0.325 e. The molecule has 0 aliphatic carbocycles. The van der Waals surface area contributed by atoms with E-state index in [1.165, 1.54) is 0 Å². The van der Waals surface area contributed by atoms with Crippen molar-refractivity contribution in [2.75, 3.05) is 19.4 Å². The molecule has 0 radical (unpaired) electrons. The average molecular weight is 221 g/mol. The third kappa shape index (κ3) is 4.00. The van der Waals surface area contributed by atoms with E-state index < -0.39 is 6.04 Å². The predicted molar refractivity (Wildman–Crippen MR) is 66.1 cm³/mol. The van der Waals surface area contributed by atoms with E-state index in [1.807, 2.05) is 38.4 Å². The van der Waals surface area contributed by atoms with Gasteiger partial charge in [-0.2, -0.15) is 0 Å². The van der Waals surface area contributed by atoms with E-state index >= 15 is 0 Å². The van der Waals surface area contributed by atoms with E-state index in [0.717, 1.165) is 17.8 Å². The topological polar surface area (TPSA) is 58.4 Å². The molecule has 1 aromatic carbocycles. The zero-order chi connectivity index (χ0) is 12.1. The standard InChI is InChI=1S/C12H19N3O/c1-9(13)12(16)14-11-6-4-5-10(7-11)8-15(2)3/h4-7,9H,8,13H2,1-3H3,(H,14,16). The number of amides is 1. The second-order valence-corrected chi connectivity index (χ2v) is 4.22. The van der Waals surface area contributed by atoms with Gasteiger partial charge in [0.15, 0.2) is 0 Å². The molecule has 4 heteroatoms. The van der Waals surface area contributed by atoms with Gasteiger partial charge in [-0.05, 0) is 38.7 Å². The van der Waals surface area contributed by atoms with Gasteiger partial charge in [0.05, 0.1) is 6.04 Å². The molecular formula is C12H19N3O. The van der Waals surface area contributed by atoms with Crippen LogP contribution < -0.4 is 11.1 Å². The molecule has 0 saturated heterocycles. The van der Waals surface area contributed by atoms with Crippen molar-refractivity contribution in [3.63, 3.8) is 0 Å². The second kappa shape index (κ2) is 5.63. The molecule has 0 saturated carbocycles. The lowest BCUT2D eigenvalue weighted by atomic mass is 10.2. The van der Waals surface area contributed by atoms with Gasteiger partial charge in [-0.15, -0.1) is 0 Å². The molecule has 16 heavy (non-hydrogen) atoms. The fraction of sp³-hybridized carbons (Fsp3) is 0.417. The van der Waals surface area contributed by atoms with Gasteiger partial charge in [-0.3, -0.25) is 4.79 Å². The number of nitrogens with two attached hydrogens (primary N) is 1. The molecule has 1 aromatic rings. The molecule has 0 fully saturated rings. The van der Waals surface area contributed by atoms with E-state index in [-0.39, 0.29) is 5.91 Å². The zero-order valence-corrected chi connectivity index (χ0v) is 10.0. The van der Waals surface area contributed by atoms with Crippen molar-refractivity contribution in [1.82, 2.24) is 4.90 Å². The Balaban J connectivity index is 2.71. The fourth-order valence-electron chi connectivity index (χ4n) is 1.37. The second-order valence-electron chi connectivity index (χ2n) is 4.22. The molecular weight excluding hydrogens is 202 g/mol. The molecule has 1 amide bonds. The van der Waals surface area contributed by atoms with Crippen LogP contribution in [0, 0.1) is 0 Å². The van der Waals surface area contributed by atoms with E-state index in [4.69, 9.17) is 5.73 Å². The monoisotopic (exact) mass is 221 g/mol. The maximum Gasteiger partial charge on any atom is 0.240 e. The highest BCUT2D eigenvalue weighted by atomic mass is 16.2. The Labute approximate surface area is 96.4 Å². The lowest BCUT2D eigenvalue weighted by Gasteiger charge is -2.12. The Morgan fingerprint density at radius 3 is 2.75 bits per heavy atom. The van der Waals surface area contributed by atoms with Gasteiger partial charge in [0.2, 0.25) is 5.91 Å². The van der Waals surface area contributed by atoms with Gasteiger partial charge in [0.25, 0.3) is 0 Å². The van der Waals surface area contributed by atoms with Crippen LogP contribution in [0.15, 0.2) is 24.3 Å². The lowest BCUT2D eigenvalue weighted by molar-refractivity contribution is -0.117. The smallest absolute Gasteiger partial charge is 0.240 e. The summed E-state index contributed by atoms with van der Waals surface area (Å²) in [5, 5.41) is 2.77. The van der Waals surface area contributed by atoms with Gasteiger partial charge < -0.3 is 16.0 Å². The van der Waals surface area contributed by atoms with Gasteiger partial charge in [0.1, 0.15) is 0 Å². The van der Waals surface area contributed by atoms with Crippen LogP contribution in [-0.4, -0.2) is 30.9 Å². The average Bonchev–Trinajstić information content (AvgIpc) is 2.16. The summed E-state index contributed by atoms with van der Waals surface area (Å²) in [6.45, 7) is 2.51. The van der Waals surface area contributed by atoms with Crippen molar-refractivity contribution in [3.8, 4) is 0 Å². The van der Waals surface area contributed by atoms with Crippen LogP contribution in [0.5, 0.6) is 0 Å². The van der Waals surface area contributed by atoms with Gasteiger partial charge in [-0.25, -0.2) is 0 Å². The van der Waals surface area contributed by atoms with Crippen LogP contribution in [0.4, 0.5) is 5.69 Å². The number of hydrogen-bond donors (Lipinski definition) is 2. The highest BCUT2D eigenvalue weighted by Gasteiger charge is 2.07. The van der Waals surface area contributed by atoms with Gasteiger partial charge in [-0.1, -0.05) is 12.1 Å². The van der Waals surface area contributed by atoms with Crippen molar-refractivity contribution in [1.29, 1.82) is 0 Å². The number of carbonyl (C=O) groups excluding carboxylic acids is 1. The first-order valence-electron chi connectivity index (χ1n) is 5.29. The third-order valence-corrected chi connectivity index (χ3v) is 2.11. The summed E-state index contributed by atoms with van der Waals surface area (Å²) in [5.74, 6) is -0.165. The highest BCUT2D eigenvalue weighted by molar-refractivity contribution is 5.94. The van der Waals surface area contributed by atoms with Crippen LogP contribution in [0.3, 0.4) is 0 Å². The van der Waals surface area contributed by atoms with E-state index in [1.54, 1.807) is 6.92 Å². The van der Waals surface area contributed by atoms with Crippen molar-refractivity contribution < 1.29 is 4.79 Å². The molecule has 0 heterocycles. The zero-order valence-electron chi connectivity index (χ0n) is 10.0. The summed E-state index contributed by atoms with van der Waals surface area (Å²) in [6.07, 6.45) is 0. The maximum absolute atomic E-state index is 11.4. The Bertz CT molecular complexity index is 361. The van der Waals surface area contributed by atoms with Crippen LogP contribution >= 0.6 is 0 Å². The summed E-state index contributed by atoms with van der Waals surface area (Å²) >= 11 is 0. The number of nitrogens with zero attached hydrogens (tertiary/aromatic N) is 1. The van der Waals surface area contributed by atoms with Gasteiger partial charge in [0, 0.05) is 12.2 Å². The molecule has 4 nitrogen and oxygen atoms in total. The molecule has 3 N–H and O–H groups in total. The van der Waals surface area contributed by atoms with Crippen LogP contribution in [0.25, 0.3) is 0 Å². The molecule has 0 bridgehead atoms. The highest BCUT2D eigenvalue weighted by Crippen LogP contribution is 2.11. The minimum Gasteiger partial charge on any atom is -0.325 e. The van der Waals surface area contributed by atoms with E-state index in [2.05, 4.69) is 10.2 Å². The molecule has 0 aliphatic rings. The fourth-order valence-corrected chi connectivity index (χ4v) is 1.37. The maximum atomic E-state index is 11.4. The predicted octanol–water partition coefficient (Wildman–Crippen LogP) is 1.03. The Morgan fingerprint density at radius 1 is 1.50 bits per heavy atom. The Hall–Kier alpha value is -1.39. The minimum absolute atomic E-state index is 0.165. The number of carbonyl (C=O) groups is 1. The summed E-state index contributed by atoms with van der Waals surface area (Å²) in [7, 11) is 4.01. The number of benzene rings is 1. The van der Waals surface area contributed by atoms with Crippen molar-refractivity contribution in [2.45, 2.75) is 19.5 Å². The van der Waals surface area contributed by atoms with Gasteiger partial charge >= 0.3 is 0 Å². The summed E-state index contributed by atoms with van der Waals surface area (Å²) in [4.78, 5) is 13.5. The number of nitrogens with one attached hydrogen (secondary N) is 1. The lowest BCUT2D eigenvalue weighted by Crippen LogP contribution is -2.32. The quantitative estimate of drug-likeness (QED) is 0.798. The molecule has 1 rings (SSSR count). The van der Waals surface area contributed by atoms with Crippen LogP contribution in [0.1, 0.15) is 12.5 Å². The summed E-state index contributed by atoms with van der Waals surface area (Å²) in [5.41, 5.74) is 7.44. The number of rotatable bonds is 4. The van der Waals surface area contributed by atoms with Crippen LogP contribution in [0.2, 0.25) is 0 Å². The summed E-state index contributed by atoms with van der Waals surface area (Å²) < 4.78 is 0. The molecule has 0 spiro atoms. The molecule has 1 atom stereocenters. The normalized spacial score (nSPS) is 12.6. The Morgan fingerprint density at radius 2 is 2.19 bits per heavy atom. The minimum atomic E-state index is -0.488. The Kier molecular flexibility index (Phi) is 4.46. The van der Waals surface area contributed by atoms with Crippen molar-refractivity contribution in [2.24, 2.45) is 5.73 Å². The number of anilines is 1. The molecule has 0 aliphatic heterocycles. The molecule has 1 unspecified atom stereocenters. The van der Waals surface area contributed by atoms with Crippen molar-refractivity contribution in [3.05, 3.63) is 29.8 Å². The van der Waals surface area contributed by atoms with Crippen LogP contribution in [-0.2, 0) is 11.3 Å². The molecule has 0 aromatic heterocycles. The van der Waals surface area contributed by atoms with E-state index in [9.17, 15) is 4.79 Å². The first-order valence-corrected chi connectivity index (χ1v) is 5.29. The molecule has 88 valence electrons. The first-order chi connectivity index (χ1) is 7.49. The first kappa shape index (κ1) is 12.7. The third-order valence-electron chi connectivity index (χ3n) is 2.11. The SMILES string of the molecule is CC(N)C(=O)Nc1cccc(CN(C)C)c1. The van der Waals surface area contributed by atoms with E-state index in [0.29, 0.717) is 0 Å².